The van der Waals surface area contributed by atoms with Crippen LogP contribution in [0.2, 0.25) is 0 Å². The van der Waals surface area contributed by atoms with Crippen LogP contribution < -0.4 is 10.2 Å². The van der Waals surface area contributed by atoms with E-state index in [0.29, 0.717) is 11.3 Å². The maximum absolute atomic E-state index is 11.9. The Morgan fingerprint density at radius 1 is 1.61 bits per heavy atom. The summed E-state index contributed by atoms with van der Waals surface area (Å²) in [6.07, 6.45) is 3.32. The number of esters is 1. The van der Waals surface area contributed by atoms with Gasteiger partial charge in [-0.1, -0.05) is 0 Å². The number of carbonyl (C=O) groups is 2. The van der Waals surface area contributed by atoms with Gasteiger partial charge in [-0.05, 0) is 18.9 Å². The second-order valence-corrected chi connectivity index (χ2v) is 4.43. The molecule has 1 unspecified atom stereocenters. The first-order valence-electron chi connectivity index (χ1n) is 5.86. The van der Waals surface area contributed by atoms with E-state index in [-0.39, 0.29) is 11.9 Å². The highest BCUT2D eigenvalue weighted by Crippen LogP contribution is 2.35. The maximum atomic E-state index is 11.9. The molecule has 0 spiro atoms. The SMILES string of the molecule is COC(=O)c1cnc2c(c1)NC(=O)C1CCCN21. The molecule has 94 valence electrons. The molecular weight excluding hydrogens is 234 g/mol. The lowest BCUT2D eigenvalue weighted by atomic mass is 10.1. The maximum Gasteiger partial charge on any atom is 0.339 e. The number of anilines is 2. The third-order valence-electron chi connectivity index (χ3n) is 3.37. The molecule has 0 bridgehead atoms. The predicted molar refractivity (Wildman–Crippen MR) is 64.6 cm³/mol. The van der Waals surface area contributed by atoms with Crippen molar-refractivity contribution in [3.8, 4) is 0 Å². The number of methoxy groups -OCH3 is 1. The molecule has 1 saturated heterocycles. The fourth-order valence-corrected chi connectivity index (χ4v) is 2.52. The van der Waals surface area contributed by atoms with Gasteiger partial charge >= 0.3 is 5.97 Å². The smallest absolute Gasteiger partial charge is 0.339 e. The molecule has 0 aromatic carbocycles. The van der Waals surface area contributed by atoms with Gasteiger partial charge in [0, 0.05) is 12.7 Å². The van der Waals surface area contributed by atoms with Crippen LogP contribution in [0.15, 0.2) is 12.3 Å². The van der Waals surface area contributed by atoms with E-state index in [9.17, 15) is 9.59 Å². The summed E-state index contributed by atoms with van der Waals surface area (Å²) in [6, 6.07) is 1.50. The molecule has 1 aromatic heterocycles. The summed E-state index contributed by atoms with van der Waals surface area (Å²) in [7, 11) is 1.32. The van der Waals surface area contributed by atoms with Crippen molar-refractivity contribution < 1.29 is 14.3 Å². The van der Waals surface area contributed by atoms with Gasteiger partial charge in [-0.25, -0.2) is 9.78 Å². The third-order valence-corrected chi connectivity index (χ3v) is 3.37. The van der Waals surface area contributed by atoms with Crippen molar-refractivity contribution in [1.29, 1.82) is 0 Å². The van der Waals surface area contributed by atoms with Crippen LogP contribution in [0.5, 0.6) is 0 Å². The first-order chi connectivity index (χ1) is 8.70. The first kappa shape index (κ1) is 11.0. The molecule has 0 saturated carbocycles. The zero-order chi connectivity index (χ0) is 12.7. The minimum Gasteiger partial charge on any atom is -0.465 e. The lowest BCUT2D eigenvalue weighted by Crippen LogP contribution is -2.44. The van der Waals surface area contributed by atoms with Crippen molar-refractivity contribution in [1.82, 2.24) is 4.98 Å². The second-order valence-electron chi connectivity index (χ2n) is 4.43. The Kier molecular flexibility index (Phi) is 2.43. The van der Waals surface area contributed by atoms with Gasteiger partial charge in [-0.2, -0.15) is 0 Å². The Balaban J connectivity index is 2.02. The van der Waals surface area contributed by atoms with E-state index < -0.39 is 5.97 Å². The van der Waals surface area contributed by atoms with Crippen LogP contribution in [0.4, 0.5) is 11.5 Å². The second kappa shape index (κ2) is 3.97. The van der Waals surface area contributed by atoms with Gasteiger partial charge in [-0.3, -0.25) is 4.79 Å². The van der Waals surface area contributed by atoms with E-state index in [1.807, 2.05) is 4.90 Å². The molecule has 1 amide bonds. The van der Waals surface area contributed by atoms with Crippen molar-refractivity contribution in [3.63, 3.8) is 0 Å². The molecule has 2 aliphatic heterocycles. The van der Waals surface area contributed by atoms with E-state index in [2.05, 4.69) is 15.0 Å². The lowest BCUT2D eigenvalue weighted by Gasteiger charge is -2.31. The average Bonchev–Trinajstić information content (AvgIpc) is 2.87. The minimum atomic E-state index is -0.455. The molecule has 18 heavy (non-hydrogen) atoms. The number of amides is 1. The van der Waals surface area contributed by atoms with E-state index in [0.717, 1.165) is 25.2 Å². The molecule has 0 radical (unpaired) electrons. The quantitative estimate of drug-likeness (QED) is 0.743. The zero-order valence-corrected chi connectivity index (χ0v) is 9.97. The van der Waals surface area contributed by atoms with Crippen LogP contribution in [0, 0.1) is 0 Å². The van der Waals surface area contributed by atoms with E-state index in [1.165, 1.54) is 13.3 Å². The van der Waals surface area contributed by atoms with Gasteiger partial charge in [-0.15, -0.1) is 0 Å². The lowest BCUT2D eigenvalue weighted by molar-refractivity contribution is -0.117. The zero-order valence-electron chi connectivity index (χ0n) is 9.97. The van der Waals surface area contributed by atoms with Crippen LogP contribution >= 0.6 is 0 Å². The van der Waals surface area contributed by atoms with E-state index >= 15 is 0 Å². The predicted octanol–water partition coefficient (Wildman–Crippen LogP) is 0.789. The van der Waals surface area contributed by atoms with Gasteiger partial charge in [0.1, 0.15) is 6.04 Å². The molecule has 6 heteroatoms. The monoisotopic (exact) mass is 247 g/mol. The normalized spacial score (nSPS) is 21.1. The Bertz CT molecular complexity index is 529. The molecule has 2 aliphatic rings. The molecule has 1 fully saturated rings. The Morgan fingerprint density at radius 2 is 2.44 bits per heavy atom. The Morgan fingerprint density at radius 3 is 3.22 bits per heavy atom. The number of aromatic nitrogens is 1. The minimum absolute atomic E-state index is 0.0242. The van der Waals surface area contributed by atoms with Gasteiger partial charge in [0.15, 0.2) is 5.82 Å². The van der Waals surface area contributed by atoms with Gasteiger partial charge in [0.05, 0.1) is 18.4 Å². The summed E-state index contributed by atoms with van der Waals surface area (Å²) in [5.41, 5.74) is 0.926. The molecule has 1 atom stereocenters. The van der Waals surface area contributed by atoms with E-state index in [4.69, 9.17) is 0 Å². The topological polar surface area (TPSA) is 71.5 Å². The number of nitrogens with one attached hydrogen (secondary N) is 1. The standard InChI is InChI=1S/C12H13N3O3/c1-18-12(17)7-5-8-10(13-6-7)15-4-2-3-9(15)11(16)14-8/h5-6,9H,2-4H2,1H3,(H,14,16). The number of hydrogen-bond acceptors (Lipinski definition) is 5. The van der Waals surface area contributed by atoms with Crippen molar-refractivity contribution >= 4 is 23.4 Å². The highest BCUT2D eigenvalue weighted by atomic mass is 16.5. The van der Waals surface area contributed by atoms with Crippen molar-refractivity contribution in [2.24, 2.45) is 0 Å². The van der Waals surface area contributed by atoms with E-state index in [1.54, 1.807) is 6.07 Å². The molecule has 0 aliphatic carbocycles. The van der Waals surface area contributed by atoms with Crippen molar-refractivity contribution in [2.45, 2.75) is 18.9 Å². The number of carbonyl (C=O) groups excluding carboxylic acids is 2. The molecular formula is C12H13N3O3. The molecule has 3 heterocycles. The van der Waals surface area contributed by atoms with Crippen molar-refractivity contribution in [3.05, 3.63) is 17.8 Å². The van der Waals surface area contributed by atoms with Gasteiger partial charge in [0.25, 0.3) is 0 Å². The summed E-state index contributed by atoms with van der Waals surface area (Å²) >= 11 is 0. The summed E-state index contributed by atoms with van der Waals surface area (Å²) in [5.74, 6) is 0.261. The van der Waals surface area contributed by atoms with Gasteiger partial charge in [0.2, 0.25) is 5.91 Å². The Hall–Kier alpha value is -2.11. The molecule has 1 aromatic rings. The largest absolute Gasteiger partial charge is 0.465 e. The number of nitrogens with zero attached hydrogens (tertiary/aromatic N) is 2. The van der Waals surface area contributed by atoms with Crippen LogP contribution in [0.1, 0.15) is 23.2 Å². The fourth-order valence-electron chi connectivity index (χ4n) is 2.52. The number of fused-ring (bicyclic) bond motifs is 3. The molecule has 1 N–H and O–H groups in total. The van der Waals surface area contributed by atoms with Crippen molar-refractivity contribution in [2.75, 3.05) is 23.9 Å². The third kappa shape index (κ3) is 1.53. The highest BCUT2D eigenvalue weighted by Gasteiger charge is 2.37. The molecule has 6 nitrogen and oxygen atoms in total. The number of ether oxygens (including phenoxy) is 1. The number of hydrogen-bond donors (Lipinski definition) is 1. The summed E-state index contributed by atoms with van der Waals surface area (Å²) in [5, 5.41) is 2.80. The molecule has 3 rings (SSSR count). The Labute approximate surface area is 104 Å². The van der Waals surface area contributed by atoms with Crippen LogP contribution in [-0.2, 0) is 9.53 Å². The highest BCUT2D eigenvalue weighted by molar-refractivity contribution is 6.04. The van der Waals surface area contributed by atoms with Crippen LogP contribution in [-0.4, -0.2) is 36.6 Å². The average molecular weight is 247 g/mol. The fraction of sp³-hybridized carbons (Fsp3) is 0.417. The van der Waals surface area contributed by atoms with Crippen LogP contribution in [0.3, 0.4) is 0 Å². The number of rotatable bonds is 1. The first-order valence-corrected chi connectivity index (χ1v) is 5.86. The van der Waals surface area contributed by atoms with Gasteiger partial charge < -0.3 is 15.0 Å². The summed E-state index contributed by atoms with van der Waals surface area (Å²) in [4.78, 5) is 29.6. The number of pyridine rings is 1. The summed E-state index contributed by atoms with van der Waals surface area (Å²) in [6.45, 7) is 0.829. The van der Waals surface area contributed by atoms with Crippen LogP contribution in [0.25, 0.3) is 0 Å². The summed E-state index contributed by atoms with van der Waals surface area (Å²) < 4.78 is 4.64.